The van der Waals surface area contributed by atoms with Crippen LogP contribution < -0.4 is 15.6 Å². The van der Waals surface area contributed by atoms with Crippen molar-refractivity contribution in [2.75, 3.05) is 18.2 Å². The van der Waals surface area contributed by atoms with Crippen LogP contribution in [0, 0.1) is 0 Å². The van der Waals surface area contributed by atoms with E-state index in [2.05, 4.69) is 24.3 Å². The van der Waals surface area contributed by atoms with Crippen LogP contribution >= 0.6 is 11.8 Å². The molecule has 0 fully saturated rings. The highest BCUT2D eigenvalue weighted by molar-refractivity contribution is 8.00. The van der Waals surface area contributed by atoms with Crippen molar-refractivity contribution in [3.63, 3.8) is 0 Å². The second-order valence-electron chi connectivity index (χ2n) is 6.02. The first-order valence-corrected chi connectivity index (χ1v) is 9.54. The second-order valence-corrected chi connectivity index (χ2v) is 7.12. The van der Waals surface area contributed by atoms with E-state index in [1.165, 1.54) is 11.8 Å². The zero-order chi connectivity index (χ0) is 18.0. The van der Waals surface area contributed by atoms with Gasteiger partial charge in [0.05, 0.1) is 29.7 Å². The van der Waals surface area contributed by atoms with E-state index in [1.807, 2.05) is 28.9 Å². The zero-order valence-electron chi connectivity index (χ0n) is 14.7. The van der Waals surface area contributed by atoms with Gasteiger partial charge in [0, 0.05) is 5.56 Å². The molecule has 0 bridgehead atoms. The number of hydrogen-bond acceptors (Lipinski definition) is 4. The third-order valence-electron chi connectivity index (χ3n) is 4.59. The molecule has 1 aliphatic heterocycles. The molecule has 0 unspecified atom stereocenters. The largest absolute Gasteiger partial charge is 0.496 e. The van der Waals surface area contributed by atoms with E-state index in [1.54, 1.807) is 7.11 Å². The lowest BCUT2D eigenvalue weighted by atomic mass is 10.0. The van der Waals surface area contributed by atoms with Gasteiger partial charge in [0.15, 0.2) is 0 Å². The van der Waals surface area contributed by atoms with Gasteiger partial charge in [0.1, 0.15) is 11.6 Å². The van der Waals surface area contributed by atoms with Gasteiger partial charge >= 0.3 is 0 Å². The highest BCUT2D eigenvalue weighted by Crippen LogP contribution is 2.43. The van der Waals surface area contributed by atoms with Crippen LogP contribution in [0.3, 0.4) is 0 Å². The molecule has 3 rings (SSSR count). The maximum absolute atomic E-state index is 12.8. The van der Waals surface area contributed by atoms with Crippen LogP contribution in [0.5, 0.6) is 5.75 Å². The number of amides is 1. The van der Waals surface area contributed by atoms with Crippen molar-refractivity contribution >= 4 is 23.5 Å². The summed E-state index contributed by atoms with van der Waals surface area (Å²) in [6, 6.07) is 7.78. The van der Waals surface area contributed by atoms with E-state index >= 15 is 0 Å². The molecule has 0 saturated carbocycles. The predicted molar refractivity (Wildman–Crippen MR) is 101 cm³/mol. The standard InChI is InChI=1S/C18H23N3O3S/c1-4-11(5-2)21-17-15(18(23)20-21)16(25-10-14(22)19-17)12-8-6-7-9-13(12)24-3/h6-9,11,16H,4-5,10H2,1-3H3,(H,19,22)(H,20,23)/t16-/m1/s1. The minimum atomic E-state index is -0.260. The number of carbonyl (C=O) groups excluding carboxylic acids is 1. The summed E-state index contributed by atoms with van der Waals surface area (Å²) in [5, 5.41) is 5.60. The Morgan fingerprint density at radius 3 is 2.68 bits per heavy atom. The van der Waals surface area contributed by atoms with Crippen molar-refractivity contribution in [3.05, 3.63) is 45.7 Å². The quantitative estimate of drug-likeness (QED) is 0.856. The number of benzene rings is 1. The lowest BCUT2D eigenvalue weighted by Crippen LogP contribution is -2.19. The fourth-order valence-corrected chi connectivity index (χ4v) is 4.45. The number of thioether (sulfide) groups is 1. The Morgan fingerprint density at radius 2 is 2.00 bits per heavy atom. The van der Waals surface area contributed by atoms with Crippen molar-refractivity contribution in [2.24, 2.45) is 0 Å². The third kappa shape index (κ3) is 3.20. The molecular formula is C18H23N3O3S. The summed E-state index contributed by atoms with van der Waals surface area (Å²) in [6.07, 6.45) is 1.74. The summed E-state index contributed by atoms with van der Waals surface area (Å²) >= 11 is 1.45. The number of nitrogens with one attached hydrogen (secondary N) is 2. The zero-order valence-corrected chi connectivity index (χ0v) is 15.5. The molecule has 6 nitrogen and oxygen atoms in total. The van der Waals surface area contributed by atoms with Crippen LogP contribution in [0.2, 0.25) is 0 Å². The van der Waals surface area contributed by atoms with Crippen molar-refractivity contribution in [1.29, 1.82) is 0 Å². The summed E-state index contributed by atoms with van der Waals surface area (Å²) in [7, 11) is 1.62. The van der Waals surface area contributed by atoms with Crippen LogP contribution in [0.25, 0.3) is 0 Å². The highest BCUT2D eigenvalue weighted by Gasteiger charge is 2.32. The molecule has 25 heavy (non-hydrogen) atoms. The van der Waals surface area contributed by atoms with Gasteiger partial charge in [-0.2, -0.15) is 0 Å². The Bertz CT molecular complexity index is 823. The minimum absolute atomic E-state index is 0.0950. The maximum atomic E-state index is 12.8. The number of carbonyl (C=O) groups is 1. The Labute approximate surface area is 150 Å². The van der Waals surface area contributed by atoms with E-state index in [0.29, 0.717) is 17.1 Å². The van der Waals surface area contributed by atoms with Gasteiger partial charge in [-0.05, 0) is 18.9 Å². The van der Waals surface area contributed by atoms with E-state index in [4.69, 9.17) is 4.74 Å². The lowest BCUT2D eigenvalue weighted by Gasteiger charge is -2.19. The second kappa shape index (κ2) is 7.39. The molecule has 7 heteroatoms. The van der Waals surface area contributed by atoms with Gasteiger partial charge in [-0.1, -0.05) is 32.0 Å². The van der Waals surface area contributed by atoms with E-state index in [0.717, 1.165) is 24.2 Å². The number of nitrogens with zero attached hydrogens (tertiary/aromatic N) is 1. The molecule has 0 aliphatic carbocycles. The number of fused-ring (bicyclic) bond motifs is 1. The fourth-order valence-electron chi connectivity index (χ4n) is 3.30. The molecular weight excluding hydrogens is 338 g/mol. The topological polar surface area (TPSA) is 76.1 Å². The monoisotopic (exact) mass is 361 g/mol. The maximum Gasteiger partial charge on any atom is 0.270 e. The van der Waals surface area contributed by atoms with Gasteiger partial charge in [-0.3, -0.25) is 19.4 Å². The van der Waals surface area contributed by atoms with Gasteiger partial charge in [0.25, 0.3) is 5.56 Å². The molecule has 0 saturated heterocycles. The highest BCUT2D eigenvalue weighted by atomic mass is 32.2. The number of H-pyrrole nitrogens is 1. The molecule has 1 aliphatic rings. The van der Waals surface area contributed by atoms with Crippen molar-refractivity contribution in [2.45, 2.75) is 38.0 Å². The Balaban J connectivity index is 2.19. The third-order valence-corrected chi connectivity index (χ3v) is 5.84. The fraction of sp³-hybridized carbons (Fsp3) is 0.444. The average Bonchev–Trinajstić information content (AvgIpc) is 2.82. The van der Waals surface area contributed by atoms with Gasteiger partial charge in [-0.15, -0.1) is 11.8 Å². The molecule has 1 aromatic heterocycles. The van der Waals surface area contributed by atoms with E-state index in [9.17, 15) is 9.59 Å². The van der Waals surface area contributed by atoms with Crippen LogP contribution in [0.4, 0.5) is 5.82 Å². The SMILES string of the molecule is CCC(CC)n1[nH]c(=O)c2c1NC(=O)CS[C@@H]2c1ccccc1OC. The number of methoxy groups -OCH3 is 1. The minimum Gasteiger partial charge on any atom is -0.496 e. The Kier molecular flexibility index (Phi) is 5.22. The lowest BCUT2D eigenvalue weighted by molar-refractivity contribution is -0.113. The molecule has 1 atom stereocenters. The molecule has 0 radical (unpaired) electrons. The number of ether oxygens (including phenoxy) is 1. The summed E-state index contributed by atoms with van der Waals surface area (Å²) in [4.78, 5) is 25.0. The van der Waals surface area contributed by atoms with Gasteiger partial charge in [0.2, 0.25) is 5.91 Å². The van der Waals surface area contributed by atoms with Crippen molar-refractivity contribution in [3.8, 4) is 5.75 Å². The number of para-hydroxylation sites is 1. The van der Waals surface area contributed by atoms with Crippen LogP contribution in [-0.2, 0) is 4.79 Å². The Morgan fingerprint density at radius 1 is 1.28 bits per heavy atom. The molecule has 134 valence electrons. The number of hydrogen-bond donors (Lipinski definition) is 2. The average molecular weight is 361 g/mol. The smallest absolute Gasteiger partial charge is 0.270 e. The van der Waals surface area contributed by atoms with Crippen molar-refractivity contribution in [1.82, 2.24) is 9.78 Å². The molecule has 2 N–H and O–H groups in total. The number of aromatic nitrogens is 2. The van der Waals surface area contributed by atoms with E-state index < -0.39 is 0 Å². The summed E-state index contributed by atoms with van der Waals surface area (Å²) < 4.78 is 7.30. The van der Waals surface area contributed by atoms with Crippen LogP contribution in [0.15, 0.2) is 29.1 Å². The molecule has 0 spiro atoms. The molecule has 2 aromatic rings. The van der Waals surface area contributed by atoms with Gasteiger partial charge in [-0.25, -0.2) is 0 Å². The predicted octanol–water partition coefficient (Wildman–Crippen LogP) is 3.32. The first-order valence-electron chi connectivity index (χ1n) is 8.49. The summed E-state index contributed by atoms with van der Waals surface area (Å²) in [5.74, 6) is 1.50. The molecule has 1 amide bonds. The first kappa shape index (κ1) is 17.7. The molecule has 1 aromatic carbocycles. The summed E-state index contributed by atoms with van der Waals surface area (Å²) in [5.41, 5.74) is 1.33. The van der Waals surface area contributed by atoms with Crippen molar-refractivity contribution < 1.29 is 9.53 Å². The number of anilines is 1. The number of rotatable bonds is 5. The molecule has 2 heterocycles. The van der Waals surface area contributed by atoms with Crippen LogP contribution in [-0.4, -0.2) is 28.6 Å². The normalized spacial score (nSPS) is 17.1. The van der Waals surface area contributed by atoms with E-state index in [-0.39, 0.29) is 22.8 Å². The first-order chi connectivity index (χ1) is 12.1. The summed E-state index contributed by atoms with van der Waals surface area (Å²) in [6.45, 7) is 4.15. The number of aromatic amines is 1. The van der Waals surface area contributed by atoms with Gasteiger partial charge < -0.3 is 10.1 Å². The van der Waals surface area contributed by atoms with Crippen LogP contribution in [0.1, 0.15) is 49.1 Å². The Hall–Kier alpha value is -2.15.